The van der Waals surface area contributed by atoms with Gasteiger partial charge < -0.3 is 18.9 Å². The zero-order valence-corrected chi connectivity index (χ0v) is 12.1. The van der Waals surface area contributed by atoms with E-state index in [1.165, 1.54) is 0 Å². The van der Waals surface area contributed by atoms with E-state index in [0.717, 1.165) is 5.71 Å². The Morgan fingerprint density at radius 2 is 2.11 bits per heavy atom. The number of aliphatic imine (C=N–C) groups is 1. The Kier molecular flexibility index (Phi) is 3.41. The number of rotatable bonds is 3. The molecule has 0 aliphatic carbocycles. The zero-order valence-electron chi connectivity index (χ0n) is 12.1. The highest BCUT2D eigenvalue weighted by atomic mass is 16.7. The van der Waals surface area contributed by atoms with Crippen LogP contribution in [0.3, 0.4) is 0 Å². The van der Waals surface area contributed by atoms with Crippen LogP contribution in [0.1, 0.15) is 27.7 Å². The average molecular weight is 269 g/mol. The van der Waals surface area contributed by atoms with Crippen LogP contribution >= 0.6 is 0 Å². The SMILES string of the molecule is CCOC12OC(N=C1C)C1COC(C(C)C)OCC12. The molecular weight excluding hydrogens is 246 g/mol. The molecule has 0 spiro atoms. The van der Waals surface area contributed by atoms with Gasteiger partial charge >= 0.3 is 0 Å². The van der Waals surface area contributed by atoms with Gasteiger partial charge in [-0.25, -0.2) is 0 Å². The summed E-state index contributed by atoms with van der Waals surface area (Å²) in [5, 5.41) is 0. The largest absolute Gasteiger partial charge is 0.352 e. The third-order valence-corrected chi connectivity index (χ3v) is 4.29. The van der Waals surface area contributed by atoms with E-state index in [0.29, 0.717) is 25.7 Å². The molecule has 108 valence electrons. The van der Waals surface area contributed by atoms with E-state index in [9.17, 15) is 0 Å². The third-order valence-electron chi connectivity index (χ3n) is 4.29. The van der Waals surface area contributed by atoms with Gasteiger partial charge in [0.25, 0.3) is 0 Å². The van der Waals surface area contributed by atoms with Crippen LogP contribution in [0.25, 0.3) is 0 Å². The molecule has 3 rings (SSSR count). The first-order valence-electron chi connectivity index (χ1n) is 7.18. The second kappa shape index (κ2) is 4.81. The number of ether oxygens (including phenoxy) is 4. The second-order valence-electron chi connectivity index (χ2n) is 5.87. The molecule has 0 aromatic rings. The van der Waals surface area contributed by atoms with E-state index >= 15 is 0 Å². The minimum atomic E-state index is -0.681. The van der Waals surface area contributed by atoms with Crippen molar-refractivity contribution in [3.8, 4) is 0 Å². The van der Waals surface area contributed by atoms with E-state index in [1.807, 2.05) is 13.8 Å². The number of hydrogen-bond acceptors (Lipinski definition) is 5. The van der Waals surface area contributed by atoms with Crippen LogP contribution < -0.4 is 0 Å². The Bertz CT molecular complexity index is 384. The first-order chi connectivity index (χ1) is 9.08. The van der Waals surface area contributed by atoms with Crippen molar-refractivity contribution >= 4 is 5.71 Å². The summed E-state index contributed by atoms with van der Waals surface area (Å²) < 4.78 is 23.7. The molecule has 0 aromatic carbocycles. The van der Waals surface area contributed by atoms with E-state index in [4.69, 9.17) is 18.9 Å². The lowest BCUT2D eigenvalue weighted by Crippen LogP contribution is -2.48. The molecule has 0 amide bonds. The lowest BCUT2D eigenvalue weighted by molar-refractivity contribution is -0.207. The summed E-state index contributed by atoms with van der Waals surface area (Å²) in [7, 11) is 0. The van der Waals surface area contributed by atoms with Gasteiger partial charge in [0.2, 0.25) is 5.79 Å². The molecule has 5 nitrogen and oxygen atoms in total. The van der Waals surface area contributed by atoms with Gasteiger partial charge in [-0.1, -0.05) is 13.8 Å². The highest BCUT2D eigenvalue weighted by molar-refractivity contribution is 5.91. The van der Waals surface area contributed by atoms with Gasteiger partial charge in [-0.2, -0.15) is 0 Å². The third kappa shape index (κ3) is 1.95. The van der Waals surface area contributed by atoms with Crippen molar-refractivity contribution < 1.29 is 18.9 Å². The van der Waals surface area contributed by atoms with Crippen molar-refractivity contribution in [2.45, 2.75) is 46.0 Å². The Hall–Kier alpha value is -0.490. The molecular formula is C14H23NO4. The predicted octanol–water partition coefficient (Wildman–Crippen LogP) is 1.81. The average Bonchev–Trinajstić information content (AvgIpc) is 2.71. The predicted molar refractivity (Wildman–Crippen MR) is 69.8 cm³/mol. The van der Waals surface area contributed by atoms with Crippen molar-refractivity contribution in [2.75, 3.05) is 19.8 Å². The van der Waals surface area contributed by atoms with Crippen LogP contribution in [-0.4, -0.2) is 43.8 Å². The number of nitrogens with zero attached hydrogens (tertiary/aromatic N) is 1. The Balaban J connectivity index is 1.83. The van der Waals surface area contributed by atoms with Gasteiger partial charge in [0.05, 0.1) is 24.8 Å². The minimum absolute atomic E-state index is 0.133. The fourth-order valence-corrected chi connectivity index (χ4v) is 3.32. The number of fused-ring (bicyclic) bond motifs is 5. The quantitative estimate of drug-likeness (QED) is 0.784. The summed E-state index contributed by atoms with van der Waals surface area (Å²) in [4.78, 5) is 4.58. The summed E-state index contributed by atoms with van der Waals surface area (Å²) in [5.41, 5.74) is 0.937. The Morgan fingerprint density at radius 1 is 1.37 bits per heavy atom. The smallest absolute Gasteiger partial charge is 0.215 e. The highest BCUT2D eigenvalue weighted by Gasteiger charge is 2.62. The maximum Gasteiger partial charge on any atom is 0.215 e. The van der Waals surface area contributed by atoms with Crippen LogP contribution in [0.5, 0.6) is 0 Å². The molecule has 5 unspecified atom stereocenters. The van der Waals surface area contributed by atoms with Gasteiger partial charge in [0, 0.05) is 18.4 Å². The summed E-state index contributed by atoms with van der Waals surface area (Å²) in [6.07, 6.45) is -0.268. The molecule has 3 aliphatic rings. The van der Waals surface area contributed by atoms with Crippen molar-refractivity contribution in [3.05, 3.63) is 0 Å². The van der Waals surface area contributed by atoms with E-state index in [2.05, 4.69) is 18.8 Å². The molecule has 2 bridgehead atoms. The molecule has 2 fully saturated rings. The van der Waals surface area contributed by atoms with Crippen LogP contribution in [-0.2, 0) is 18.9 Å². The summed E-state index contributed by atoms with van der Waals surface area (Å²) in [6.45, 7) is 10.0. The number of hydrogen-bond donors (Lipinski definition) is 0. The van der Waals surface area contributed by atoms with Crippen molar-refractivity contribution in [3.63, 3.8) is 0 Å². The fraction of sp³-hybridized carbons (Fsp3) is 0.929. The van der Waals surface area contributed by atoms with Crippen LogP contribution in [0.15, 0.2) is 4.99 Å². The van der Waals surface area contributed by atoms with Crippen molar-refractivity contribution in [1.29, 1.82) is 0 Å². The van der Waals surface area contributed by atoms with Gasteiger partial charge in [-0.05, 0) is 13.8 Å². The first kappa shape index (κ1) is 13.5. The molecule has 3 heterocycles. The summed E-state index contributed by atoms with van der Waals surface area (Å²) in [5.74, 6) is 0.0828. The van der Waals surface area contributed by atoms with Gasteiger partial charge in [0.1, 0.15) is 0 Å². The van der Waals surface area contributed by atoms with Gasteiger partial charge in [-0.3, -0.25) is 4.99 Å². The molecule has 3 aliphatic heterocycles. The van der Waals surface area contributed by atoms with Crippen molar-refractivity contribution in [2.24, 2.45) is 22.7 Å². The molecule has 5 heteroatoms. The molecule has 2 saturated heterocycles. The monoisotopic (exact) mass is 269 g/mol. The Morgan fingerprint density at radius 3 is 2.79 bits per heavy atom. The van der Waals surface area contributed by atoms with E-state index in [1.54, 1.807) is 0 Å². The van der Waals surface area contributed by atoms with Gasteiger partial charge in [-0.15, -0.1) is 0 Å². The zero-order chi connectivity index (χ0) is 13.6. The lowest BCUT2D eigenvalue weighted by atomic mass is 9.84. The van der Waals surface area contributed by atoms with Crippen LogP contribution in [0.4, 0.5) is 0 Å². The molecule has 5 atom stereocenters. The molecule has 0 aromatic heterocycles. The van der Waals surface area contributed by atoms with E-state index < -0.39 is 5.79 Å². The van der Waals surface area contributed by atoms with Crippen molar-refractivity contribution in [1.82, 2.24) is 0 Å². The highest BCUT2D eigenvalue weighted by Crippen LogP contribution is 2.49. The normalized spacial score (nSPS) is 45.2. The maximum atomic E-state index is 6.02. The maximum absolute atomic E-state index is 6.02. The lowest BCUT2D eigenvalue weighted by Gasteiger charge is -2.33. The minimum Gasteiger partial charge on any atom is -0.352 e. The summed E-state index contributed by atoms with van der Waals surface area (Å²) in [6, 6.07) is 0. The molecule has 0 saturated carbocycles. The van der Waals surface area contributed by atoms with Crippen LogP contribution in [0, 0.1) is 17.8 Å². The molecule has 0 N–H and O–H groups in total. The standard InChI is InChI=1S/C14H23NO4/c1-5-18-14-9(4)15-12(19-14)10-6-16-13(8(2)3)17-7-11(10)14/h8,10-13H,5-7H2,1-4H3. The van der Waals surface area contributed by atoms with E-state index in [-0.39, 0.29) is 24.4 Å². The summed E-state index contributed by atoms with van der Waals surface area (Å²) >= 11 is 0. The Labute approximate surface area is 114 Å². The molecule has 0 radical (unpaired) electrons. The van der Waals surface area contributed by atoms with Crippen LogP contribution in [0.2, 0.25) is 0 Å². The topological polar surface area (TPSA) is 49.3 Å². The second-order valence-corrected chi connectivity index (χ2v) is 5.87. The molecule has 19 heavy (non-hydrogen) atoms. The fourth-order valence-electron chi connectivity index (χ4n) is 3.32. The first-order valence-corrected chi connectivity index (χ1v) is 7.18. The van der Waals surface area contributed by atoms with Gasteiger partial charge in [0.15, 0.2) is 12.5 Å².